The van der Waals surface area contributed by atoms with Gasteiger partial charge in [0.05, 0.1) is 0 Å². The predicted octanol–water partition coefficient (Wildman–Crippen LogP) is 4.59. The van der Waals surface area contributed by atoms with Gasteiger partial charge in [-0.3, -0.25) is 10.3 Å². The zero-order valence-corrected chi connectivity index (χ0v) is 19.7. The van der Waals surface area contributed by atoms with E-state index < -0.39 is 95.0 Å². The van der Waals surface area contributed by atoms with E-state index >= 15 is 0 Å². The van der Waals surface area contributed by atoms with Crippen LogP contribution in [0.2, 0.25) is 0 Å². The van der Waals surface area contributed by atoms with Gasteiger partial charge in [-0.25, -0.2) is 8.78 Å². The van der Waals surface area contributed by atoms with Crippen LogP contribution in [0.4, 0.5) is 61.5 Å². The summed E-state index contributed by atoms with van der Waals surface area (Å²) in [5.74, 6) is -5.79. The average molecular weight is 618 g/mol. The molecule has 0 radical (unpaired) electrons. The topological polar surface area (TPSA) is 109 Å². The zero-order valence-electron chi connectivity index (χ0n) is 18.9. The van der Waals surface area contributed by atoms with Gasteiger partial charge in [0.2, 0.25) is 0 Å². The van der Waals surface area contributed by atoms with Crippen molar-refractivity contribution in [3.63, 3.8) is 0 Å². The summed E-state index contributed by atoms with van der Waals surface area (Å²) in [5, 5.41) is -2.84. The van der Waals surface area contributed by atoms with Gasteiger partial charge >= 0.3 is 24.7 Å². The SMILES string of the molecule is CN(C)C(CC1(N)OO1)C(CC(CC(F)(C(F)(F)F)C(F)(F)F)CC(F)(C(F)(F)F)C(F)(F)F)S(=O)(=O)O. The van der Waals surface area contributed by atoms with E-state index in [1.54, 1.807) is 0 Å². The van der Waals surface area contributed by atoms with Crippen LogP contribution in [0, 0.1) is 5.92 Å². The summed E-state index contributed by atoms with van der Waals surface area (Å²) in [7, 11) is -3.89. The largest absolute Gasteiger partial charge is 0.431 e. The second-order valence-corrected chi connectivity index (χ2v) is 10.5. The molecule has 1 aliphatic heterocycles. The van der Waals surface area contributed by atoms with Gasteiger partial charge in [0.1, 0.15) is 5.25 Å². The van der Waals surface area contributed by atoms with Crippen molar-refractivity contribution in [1.29, 1.82) is 0 Å². The molecule has 0 spiro atoms. The lowest BCUT2D eigenvalue weighted by Crippen LogP contribution is -2.58. The van der Waals surface area contributed by atoms with E-state index in [0.29, 0.717) is 0 Å². The molecule has 22 heteroatoms. The number of hydrogen-bond acceptors (Lipinski definition) is 6. The van der Waals surface area contributed by atoms with Gasteiger partial charge < -0.3 is 4.90 Å². The van der Waals surface area contributed by atoms with Crippen molar-refractivity contribution in [3.8, 4) is 0 Å². The maximum absolute atomic E-state index is 14.4. The van der Waals surface area contributed by atoms with Crippen LogP contribution in [0.15, 0.2) is 0 Å². The molecule has 1 fully saturated rings. The Bertz CT molecular complexity index is 859. The normalized spacial score (nSPS) is 19.7. The highest BCUT2D eigenvalue weighted by Gasteiger charge is 2.76. The number of nitrogens with zero attached hydrogens (tertiary/aromatic N) is 1. The van der Waals surface area contributed by atoms with Gasteiger partial charge in [-0.1, -0.05) is 0 Å². The fourth-order valence-electron chi connectivity index (χ4n) is 3.68. The first-order valence-corrected chi connectivity index (χ1v) is 11.4. The average Bonchev–Trinajstić information content (AvgIpc) is 3.36. The minimum Gasteiger partial charge on any atom is -0.305 e. The lowest BCUT2D eigenvalue weighted by Gasteiger charge is -2.39. The zero-order chi connectivity index (χ0) is 30.6. The highest BCUT2D eigenvalue weighted by molar-refractivity contribution is 7.86. The molecule has 0 saturated carbocycles. The summed E-state index contributed by atoms with van der Waals surface area (Å²) in [5.41, 5.74) is -7.67. The summed E-state index contributed by atoms with van der Waals surface area (Å²) in [6, 6.07) is -1.95. The van der Waals surface area contributed by atoms with E-state index in [1.165, 1.54) is 0 Å². The second kappa shape index (κ2) is 10.3. The van der Waals surface area contributed by atoms with Crippen LogP contribution in [0.5, 0.6) is 0 Å². The Morgan fingerprint density at radius 2 is 1.08 bits per heavy atom. The van der Waals surface area contributed by atoms with E-state index in [-0.39, 0.29) is 0 Å². The molecule has 2 unspecified atom stereocenters. The summed E-state index contributed by atoms with van der Waals surface area (Å²) >= 11 is 0. The minimum atomic E-state index is -7.01. The Kier molecular flexibility index (Phi) is 9.44. The molecular weight excluding hydrogens is 598 g/mol. The molecular formula is C16H20F14N2O5S. The molecule has 1 saturated heterocycles. The third kappa shape index (κ3) is 7.49. The Morgan fingerprint density at radius 3 is 1.29 bits per heavy atom. The van der Waals surface area contributed by atoms with Crippen LogP contribution in [0.1, 0.15) is 25.7 Å². The highest BCUT2D eigenvalue weighted by Crippen LogP contribution is 2.55. The van der Waals surface area contributed by atoms with Crippen molar-refractivity contribution in [2.24, 2.45) is 11.7 Å². The van der Waals surface area contributed by atoms with E-state index in [4.69, 9.17) is 5.73 Å². The second-order valence-electron chi connectivity index (χ2n) is 8.87. The summed E-state index contributed by atoms with van der Waals surface area (Å²) in [6.07, 6.45) is -37.8. The van der Waals surface area contributed by atoms with Crippen molar-refractivity contribution >= 4 is 10.1 Å². The van der Waals surface area contributed by atoms with Gasteiger partial charge in [0.15, 0.2) is 0 Å². The molecule has 0 aliphatic carbocycles. The number of halogens is 14. The number of nitrogens with two attached hydrogens (primary N) is 1. The third-order valence-corrected chi connectivity index (χ3v) is 7.04. The molecule has 0 amide bonds. The first kappa shape index (κ1) is 34.8. The number of alkyl halides is 14. The molecule has 1 heterocycles. The molecule has 0 aromatic rings. The Morgan fingerprint density at radius 1 is 0.763 bits per heavy atom. The van der Waals surface area contributed by atoms with E-state index in [0.717, 1.165) is 19.0 Å². The lowest BCUT2D eigenvalue weighted by atomic mass is 9.79. The van der Waals surface area contributed by atoms with Crippen molar-refractivity contribution < 1.29 is 84.2 Å². The molecule has 1 rings (SSSR count). The van der Waals surface area contributed by atoms with Gasteiger partial charge in [-0.2, -0.15) is 70.9 Å². The summed E-state index contributed by atoms with van der Waals surface area (Å²) in [6.45, 7) is 0. The summed E-state index contributed by atoms with van der Waals surface area (Å²) in [4.78, 5) is 9.23. The van der Waals surface area contributed by atoms with E-state index in [1.807, 2.05) is 0 Å². The Hall–Kier alpha value is -1.23. The monoisotopic (exact) mass is 618 g/mol. The number of hydrogen-bond donors (Lipinski definition) is 2. The lowest BCUT2D eigenvalue weighted by molar-refractivity contribution is -0.356. The number of rotatable bonds is 11. The minimum absolute atomic E-state index is 0.738. The predicted molar refractivity (Wildman–Crippen MR) is 95.8 cm³/mol. The molecule has 228 valence electrons. The van der Waals surface area contributed by atoms with Gasteiger partial charge in [-0.05, 0) is 26.4 Å². The third-order valence-electron chi connectivity index (χ3n) is 5.77. The molecule has 38 heavy (non-hydrogen) atoms. The van der Waals surface area contributed by atoms with Crippen LogP contribution in [-0.4, -0.2) is 85.2 Å². The summed E-state index contributed by atoms with van der Waals surface area (Å²) < 4.78 is 219. The molecule has 0 aromatic heterocycles. The van der Waals surface area contributed by atoms with E-state index in [9.17, 15) is 74.4 Å². The molecule has 3 N–H and O–H groups in total. The van der Waals surface area contributed by atoms with Gasteiger partial charge in [0, 0.05) is 25.3 Å². The Labute approximate surface area is 204 Å². The van der Waals surface area contributed by atoms with Crippen molar-refractivity contribution in [2.45, 2.75) is 78.9 Å². The van der Waals surface area contributed by atoms with Crippen LogP contribution < -0.4 is 5.73 Å². The van der Waals surface area contributed by atoms with Gasteiger partial charge in [-0.15, -0.1) is 0 Å². The maximum Gasteiger partial charge on any atom is 0.431 e. The van der Waals surface area contributed by atoms with Crippen LogP contribution in [-0.2, 0) is 19.9 Å². The van der Waals surface area contributed by atoms with Crippen molar-refractivity contribution in [3.05, 3.63) is 0 Å². The first-order valence-electron chi connectivity index (χ1n) is 9.85. The quantitative estimate of drug-likeness (QED) is 0.151. The van der Waals surface area contributed by atoms with Crippen LogP contribution >= 0.6 is 0 Å². The molecule has 0 aromatic carbocycles. The van der Waals surface area contributed by atoms with Gasteiger partial charge in [0.25, 0.3) is 27.4 Å². The highest BCUT2D eigenvalue weighted by atomic mass is 32.2. The first-order chi connectivity index (χ1) is 16.4. The fourth-order valence-corrected chi connectivity index (χ4v) is 4.94. The van der Waals surface area contributed by atoms with Crippen LogP contribution in [0.25, 0.3) is 0 Å². The molecule has 0 bridgehead atoms. The molecule has 2 atom stereocenters. The Balaban J connectivity index is 3.77. The van der Waals surface area contributed by atoms with Crippen molar-refractivity contribution in [2.75, 3.05) is 14.1 Å². The maximum atomic E-state index is 14.4. The van der Waals surface area contributed by atoms with Crippen LogP contribution in [0.3, 0.4) is 0 Å². The van der Waals surface area contributed by atoms with Crippen molar-refractivity contribution in [1.82, 2.24) is 4.90 Å². The molecule has 1 aliphatic rings. The van der Waals surface area contributed by atoms with E-state index in [2.05, 4.69) is 9.78 Å². The standard InChI is InChI=1S/C16H20F14N2O5S/c1-32(2)8(6-12(31)36-37-12)9(38(33,34)35)3-7(4-10(17,13(19,20)21)14(22,23)24)5-11(18,15(25,26)27)16(28,29)30/h7-9H,3-6,31H2,1-2H3,(H,33,34,35). The fraction of sp³-hybridized carbons (Fsp3) is 1.00. The molecule has 7 nitrogen and oxygen atoms in total. The smallest absolute Gasteiger partial charge is 0.305 e.